The highest BCUT2D eigenvalue weighted by atomic mass is 16.3. The summed E-state index contributed by atoms with van der Waals surface area (Å²) in [5.41, 5.74) is 0. The molecule has 0 aliphatic carbocycles. The molecule has 0 aliphatic heterocycles. The van der Waals surface area contributed by atoms with Crippen LogP contribution in [0.3, 0.4) is 0 Å². The van der Waals surface area contributed by atoms with Gasteiger partial charge in [-0.2, -0.15) is 0 Å². The van der Waals surface area contributed by atoms with Gasteiger partial charge in [0.25, 0.3) is 0 Å². The van der Waals surface area contributed by atoms with E-state index in [-0.39, 0.29) is 6.10 Å². The third-order valence-corrected chi connectivity index (χ3v) is 2.09. The first-order valence-corrected chi connectivity index (χ1v) is 5.01. The maximum atomic E-state index is 9.63. The highest BCUT2D eigenvalue weighted by Crippen LogP contribution is 2.02. The number of hydrogen-bond acceptors (Lipinski definition) is 2. The lowest BCUT2D eigenvalue weighted by Gasteiger charge is -2.20. The zero-order valence-electron chi connectivity index (χ0n) is 8.87. The molecule has 0 aromatic carbocycles. The van der Waals surface area contributed by atoms with Crippen LogP contribution < -0.4 is 0 Å². The van der Waals surface area contributed by atoms with Gasteiger partial charge in [0.15, 0.2) is 0 Å². The largest absolute Gasteiger partial charge is 0.392 e. The molecule has 0 fully saturated rings. The van der Waals surface area contributed by atoms with Crippen LogP contribution in [-0.2, 0) is 0 Å². The molecule has 0 aliphatic rings. The molecule has 0 spiro atoms. The number of aliphatic hydroxyl groups excluding tert-OH is 1. The van der Waals surface area contributed by atoms with Gasteiger partial charge in [0.1, 0.15) is 0 Å². The van der Waals surface area contributed by atoms with Gasteiger partial charge in [0.2, 0.25) is 0 Å². The van der Waals surface area contributed by atoms with Gasteiger partial charge in [-0.15, -0.1) is 18.8 Å². The fourth-order valence-corrected chi connectivity index (χ4v) is 1.26. The Hall–Kier alpha value is -0.960. The van der Waals surface area contributed by atoms with E-state index in [0.29, 0.717) is 13.1 Å². The Balaban J connectivity index is 3.63. The number of nitrogens with zero attached hydrogens (tertiary/aromatic N) is 1. The number of rotatable bonds is 7. The van der Waals surface area contributed by atoms with Gasteiger partial charge in [-0.1, -0.05) is 12.8 Å². The Bertz CT molecular complexity index is 211. The van der Waals surface area contributed by atoms with E-state index in [1.807, 2.05) is 11.8 Å². The van der Waals surface area contributed by atoms with Crippen LogP contribution in [0.4, 0.5) is 0 Å². The maximum Gasteiger partial charge on any atom is 0.0667 e. The Morgan fingerprint density at radius 3 is 2.57 bits per heavy atom. The van der Waals surface area contributed by atoms with Crippen molar-refractivity contribution in [3.63, 3.8) is 0 Å². The lowest BCUT2D eigenvalue weighted by molar-refractivity contribution is 0.113. The number of unbranched alkanes of at least 4 members (excludes halogenated alkanes) is 1. The number of terminal acetylenes is 2. The van der Waals surface area contributed by atoms with Crippen LogP contribution in [0.5, 0.6) is 0 Å². The highest BCUT2D eigenvalue weighted by molar-refractivity contribution is 4.88. The highest BCUT2D eigenvalue weighted by Gasteiger charge is 2.08. The summed E-state index contributed by atoms with van der Waals surface area (Å²) in [6.07, 6.45) is 12.4. The molecule has 0 aromatic heterocycles. The second kappa shape index (κ2) is 8.63. The molecule has 1 atom stereocenters. The van der Waals surface area contributed by atoms with Crippen molar-refractivity contribution in [1.82, 2.24) is 4.90 Å². The van der Waals surface area contributed by atoms with Crippen LogP contribution in [-0.4, -0.2) is 35.7 Å². The summed E-state index contributed by atoms with van der Waals surface area (Å²) in [4.78, 5) is 2.04. The Morgan fingerprint density at radius 1 is 1.36 bits per heavy atom. The zero-order valence-corrected chi connectivity index (χ0v) is 8.87. The molecule has 2 heteroatoms. The summed E-state index contributed by atoms with van der Waals surface area (Å²) < 4.78 is 0. The minimum absolute atomic E-state index is 0.309. The molecule has 0 heterocycles. The molecule has 0 amide bonds. The van der Waals surface area contributed by atoms with Crippen LogP contribution in [0.25, 0.3) is 0 Å². The second-order valence-electron chi connectivity index (χ2n) is 3.28. The Kier molecular flexibility index (Phi) is 8.04. The summed E-state index contributed by atoms with van der Waals surface area (Å²) in [6, 6.07) is 0. The Labute approximate surface area is 87.3 Å². The van der Waals surface area contributed by atoms with Gasteiger partial charge in [-0.25, -0.2) is 0 Å². The fraction of sp³-hybridized carbons (Fsp3) is 0.667. The van der Waals surface area contributed by atoms with Crippen LogP contribution in [0.2, 0.25) is 0 Å². The quantitative estimate of drug-likeness (QED) is 0.483. The third-order valence-electron chi connectivity index (χ3n) is 2.09. The van der Waals surface area contributed by atoms with Crippen LogP contribution >= 0.6 is 0 Å². The van der Waals surface area contributed by atoms with Crippen LogP contribution in [0.15, 0.2) is 0 Å². The van der Waals surface area contributed by atoms with Crippen molar-refractivity contribution in [1.29, 1.82) is 0 Å². The molecular weight excluding hydrogens is 174 g/mol. The molecule has 0 rings (SSSR count). The molecule has 78 valence electrons. The summed E-state index contributed by atoms with van der Waals surface area (Å²) in [5.74, 6) is 5.13. The molecule has 14 heavy (non-hydrogen) atoms. The lowest BCUT2D eigenvalue weighted by Crippen LogP contribution is -2.32. The molecule has 1 N–H and O–H groups in total. The van der Waals surface area contributed by atoms with Crippen molar-refractivity contribution in [2.45, 2.75) is 32.3 Å². The van der Waals surface area contributed by atoms with E-state index in [0.717, 1.165) is 25.8 Å². The fourth-order valence-electron chi connectivity index (χ4n) is 1.26. The van der Waals surface area contributed by atoms with Gasteiger partial charge in [-0.05, 0) is 19.4 Å². The third kappa shape index (κ3) is 6.54. The van der Waals surface area contributed by atoms with Crippen molar-refractivity contribution in [3.8, 4) is 24.7 Å². The first-order chi connectivity index (χ1) is 6.74. The molecule has 0 radical (unpaired) electrons. The van der Waals surface area contributed by atoms with E-state index in [9.17, 15) is 5.11 Å². The number of likely N-dealkylation sites (N-methyl/N-ethyl adjacent to an activating group) is 1. The summed E-state index contributed by atoms with van der Waals surface area (Å²) in [7, 11) is 0. The standard InChI is InChI=1S/C12H19NO/c1-4-7-8-9-12(14)11-13(6-3)10-5-2/h1-2,12,14H,6-11H2,3H3. The van der Waals surface area contributed by atoms with E-state index in [2.05, 4.69) is 11.8 Å². The second-order valence-corrected chi connectivity index (χ2v) is 3.28. The average Bonchev–Trinajstić information content (AvgIpc) is 2.17. The predicted molar refractivity (Wildman–Crippen MR) is 59.6 cm³/mol. The first kappa shape index (κ1) is 13.0. The molecule has 0 aromatic rings. The molecule has 2 nitrogen and oxygen atoms in total. The van der Waals surface area contributed by atoms with Gasteiger partial charge in [-0.3, -0.25) is 4.90 Å². The zero-order chi connectivity index (χ0) is 10.8. The monoisotopic (exact) mass is 193 g/mol. The van der Waals surface area contributed by atoms with Crippen molar-refractivity contribution in [2.75, 3.05) is 19.6 Å². The van der Waals surface area contributed by atoms with Crippen molar-refractivity contribution in [3.05, 3.63) is 0 Å². The van der Waals surface area contributed by atoms with E-state index in [1.54, 1.807) is 0 Å². The summed E-state index contributed by atoms with van der Waals surface area (Å²) >= 11 is 0. The minimum Gasteiger partial charge on any atom is -0.392 e. The van der Waals surface area contributed by atoms with E-state index < -0.39 is 0 Å². The molecular formula is C12H19NO. The van der Waals surface area contributed by atoms with Gasteiger partial charge >= 0.3 is 0 Å². The normalized spacial score (nSPS) is 12.1. The molecule has 0 bridgehead atoms. The lowest BCUT2D eigenvalue weighted by atomic mass is 10.1. The van der Waals surface area contributed by atoms with Crippen molar-refractivity contribution in [2.24, 2.45) is 0 Å². The van der Waals surface area contributed by atoms with E-state index >= 15 is 0 Å². The van der Waals surface area contributed by atoms with Gasteiger partial charge in [0, 0.05) is 13.0 Å². The van der Waals surface area contributed by atoms with Crippen molar-refractivity contribution >= 4 is 0 Å². The number of hydrogen-bond donors (Lipinski definition) is 1. The molecule has 0 saturated heterocycles. The maximum absolute atomic E-state index is 9.63. The van der Waals surface area contributed by atoms with Gasteiger partial charge in [0.05, 0.1) is 12.6 Å². The molecule has 0 saturated carbocycles. The SMILES string of the molecule is C#CCCCC(O)CN(CC)CC#C. The Morgan fingerprint density at radius 2 is 2.07 bits per heavy atom. The average molecular weight is 193 g/mol. The summed E-state index contributed by atoms with van der Waals surface area (Å²) in [5, 5.41) is 9.63. The smallest absolute Gasteiger partial charge is 0.0667 e. The van der Waals surface area contributed by atoms with Crippen LogP contribution in [0, 0.1) is 24.7 Å². The van der Waals surface area contributed by atoms with Crippen LogP contribution in [0.1, 0.15) is 26.2 Å². The van der Waals surface area contributed by atoms with Crippen molar-refractivity contribution < 1.29 is 5.11 Å². The number of aliphatic hydroxyl groups is 1. The van der Waals surface area contributed by atoms with E-state index in [4.69, 9.17) is 12.8 Å². The summed E-state index contributed by atoms with van der Waals surface area (Å²) in [6.45, 7) is 4.15. The van der Waals surface area contributed by atoms with Gasteiger partial charge < -0.3 is 5.11 Å². The predicted octanol–water partition coefficient (Wildman–Crippen LogP) is 1.11. The topological polar surface area (TPSA) is 23.5 Å². The molecule has 1 unspecified atom stereocenters. The minimum atomic E-state index is -0.309. The van der Waals surface area contributed by atoms with E-state index in [1.165, 1.54) is 0 Å². The first-order valence-electron chi connectivity index (χ1n) is 5.01.